The maximum Gasteiger partial charge on any atom is 0.474 e. The summed E-state index contributed by atoms with van der Waals surface area (Å²) in [7, 11) is -3.77. The molecule has 26 heavy (non-hydrogen) atoms. The zero-order valence-corrected chi connectivity index (χ0v) is 15.7. The van der Waals surface area contributed by atoms with Crippen molar-refractivity contribution in [3.8, 4) is 12.3 Å². The van der Waals surface area contributed by atoms with Gasteiger partial charge in [0, 0.05) is 11.8 Å². The molecule has 2 heterocycles. The SMILES string of the molecule is C#C[C@@]1(COP(=O)(OCC)OCC)C=C[C@H](n2cc(C)c(=O)[nH]c2=O)O1. The second-order valence-electron chi connectivity index (χ2n) is 5.44. The van der Waals surface area contributed by atoms with Gasteiger partial charge in [0.05, 0.1) is 13.2 Å². The van der Waals surface area contributed by atoms with Crippen LogP contribution in [0.15, 0.2) is 27.9 Å². The van der Waals surface area contributed by atoms with Crippen molar-refractivity contribution in [1.82, 2.24) is 9.55 Å². The summed E-state index contributed by atoms with van der Waals surface area (Å²) in [6.45, 7) is 4.82. The number of terminal acetylenes is 1. The molecule has 10 heteroatoms. The van der Waals surface area contributed by atoms with Crippen LogP contribution in [0.1, 0.15) is 25.6 Å². The van der Waals surface area contributed by atoms with Crippen molar-refractivity contribution in [2.24, 2.45) is 0 Å². The number of hydrogen-bond donors (Lipinski definition) is 1. The van der Waals surface area contributed by atoms with Crippen LogP contribution in [0, 0.1) is 19.3 Å². The number of aromatic amines is 1. The van der Waals surface area contributed by atoms with Crippen molar-refractivity contribution >= 4 is 7.82 Å². The maximum absolute atomic E-state index is 12.4. The molecule has 2 rings (SSSR count). The Morgan fingerprint density at radius 3 is 2.58 bits per heavy atom. The number of phosphoric ester groups is 1. The Balaban J connectivity index is 2.18. The van der Waals surface area contributed by atoms with E-state index >= 15 is 0 Å². The first-order valence-electron chi connectivity index (χ1n) is 7.98. The Morgan fingerprint density at radius 2 is 2.00 bits per heavy atom. The third kappa shape index (κ3) is 4.41. The van der Waals surface area contributed by atoms with Gasteiger partial charge in [-0.15, -0.1) is 6.42 Å². The van der Waals surface area contributed by atoms with Gasteiger partial charge in [-0.05, 0) is 32.9 Å². The molecule has 142 valence electrons. The molecule has 9 nitrogen and oxygen atoms in total. The Kier molecular flexibility index (Phi) is 6.39. The fourth-order valence-electron chi connectivity index (χ4n) is 2.27. The molecule has 0 bridgehead atoms. The minimum Gasteiger partial charge on any atom is -0.329 e. The molecule has 1 aromatic heterocycles. The summed E-state index contributed by atoms with van der Waals surface area (Å²) in [6, 6.07) is 0. The lowest BCUT2D eigenvalue weighted by Crippen LogP contribution is -2.37. The molecule has 0 saturated heterocycles. The molecule has 0 aliphatic carbocycles. The van der Waals surface area contributed by atoms with Crippen LogP contribution in [0.2, 0.25) is 0 Å². The lowest BCUT2D eigenvalue weighted by Gasteiger charge is -2.26. The average Bonchev–Trinajstić information content (AvgIpc) is 3.02. The molecule has 0 spiro atoms. The zero-order chi connectivity index (χ0) is 19.4. The molecule has 0 saturated carbocycles. The molecular weight excluding hydrogens is 363 g/mol. The second-order valence-corrected chi connectivity index (χ2v) is 7.11. The number of nitrogens with zero attached hydrogens (tertiary/aromatic N) is 1. The van der Waals surface area contributed by atoms with Gasteiger partial charge in [0.15, 0.2) is 11.8 Å². The standard InChI is InChI=1S/C16H21N2O7P/c1-5-16(11-24-26(21,22-6-2)23-7-3)9-8-13(25-16)18-10-12(4)14(19)17-15(18)20/h1,8-10,13H,6-7,11H2,2-4H3,(H,17,19,20)/t13-,16+/m1/s1. The molecule has 0 fully saturated rings. The van der Waals surface area contributed by atoms with Gasteiger partial charge in [-0.1, -0.05) is 5.92 Å². The number of hydrogen-bond acceptors (Lipinski definition) is 7. The van der Waals surface area contributed by atoms with E-state index in [0.29, 0.717) is 5.56 Å². The van der Waals surface area contributed by atoms with Gasteiger partial charge in [-0.25, -0.2) is 9.36 Å². The monoisotopic (exact) mass is 384 g/mol. The highest BCUT2D eigenvalue weighted by Gasteiger charge is 2.39. The Bertz CT molecular complexity index is 872. The summed E-state index contributed by atoms with van der Waals surface area (Å²) in [5, 5.41) is 0. The van der Waals surface area contributed by atoms with Gasteiger partial charge in [0.25, 0.3) is 5.56 Å². The fraction of sp³-hybridized carbons (Fsp3) is 0.500. The minimum absolute atomic E-state index is 0.131. The van der Waals surface area contributed by atoms with Gasteiger partial charge in [0.2, 0.25) is 0 Å². The molecule has 0 aromatic carbocycles. The van der Waals surface area contributed by atoms with Crippen LogP contribution in [-0.2, 0) is 22.9 Å². The first kappa shape index (κ1) is 20.4. The first-order chi connectivity index (χ1) is 12.3. The molecule has 0 radical (unpaired) electrons. The lowest BCUT2D eigenvalue weighted by molar-refractivity contribution is -0.0521. The second kappa shape index (κ2) is 8.16. The van der Waals surface area contributed by atoms with Crippen LogP contribution in [-0.4, -0.2) is 35.0 Å². The van der Waals surface area contributed by atoms with Crippen molar-refractivity contribution in [2.45, 2.75) is 32.6 Å². The number of phosphoric acid groups is 1. The van der Waals surface area contributed by atoms with Crippen molar-refractivity contribution in [3.05, 3.63) is 44.8 Å². The van der Waals surface area contributed by atoms with Gasteiger partial charge < -0.3 is 4.74 Å². The Labute approximate surface area is 150 Å². The highest BCUT2D eigenvalue weighted by atomic mass is 31.2. The lowest BCUT2D eigenvalue weighted by atomic mass is 10.1. The van der Waals surface area contributed by atoms with Gasteiger partial charge >= 0.3 is 13.5 Å². The van der Waals surface area contributed by atoms with Crippen molar-refractivity contribution in [1.29, 1.82) is 0 Å². The molecule has 0 amide bonds. The normalized spacial score (nSPS) is 22.5. The van der Waals surface area contributed by atoms with E-state index in [-0.39, 0.29) is 19.8 Å². The topological polar surface area (TPSA) is 109 Å². The summed E-state index contributed by atoms with van der Waals surface area (Å²) >= 11 is 0. The van der Waals surface area contributed by atoms with Crippen molar-refractivity contribution in [3.63, 3.8) is 0 Å². The van der Waals surface area contributed by atoms with Gasteiger partial charge in [-0.2, -0.15) is 0 Å². The summed E-state index contributed by atoms with van der Waals surface area (Å²) in [5.74, 6) is 2.43. The predicted octanol–water partition coefficient (Wildman–Crippen LogP) is 1.50. The van der Waals surface area contributed by atoms with E-state index < -0.39 is 30.9 Å². The smallest absolute Gasteiger partial charge is 0.329 e. The molecule has 2 atom stereocenters. The van der Waals surface area contributed by atoms with Crippen LogP contribution in [0.5, 0.6) is 0 Å². The van der Waals surface area contributed by atoms with Crippen molar-refractivity contribution < 1.29 is 22.9 Å². The largest absolute Gasteiger partial charge is 0.474 e. The summed E-state index contributed by atoms with van der Waals surface area (Å²) in [5.41, 5.74) is -2.14. The third-order valence-electron chi connectivity index (χ3n) is 3.54. The van der Waals surface area contributed by atoms with Crippen molar-refractivity contribution in [2.75, 3.05) is 19.8 Å². The minimum atomic E-state index is -3.77. The molecule has 1 aliphatic rings. The van der Waals surface area contributed by atoms with E-state index in [1.165, 1.54) is 16.8 Å². The maximum atomic E-state index is 12.4. The average molecular weight is 384 g/mol. The summed E-state index contributed by atoms with van der Waals surface area (Å²) in [6.07, 6.45) is 9.15. The number of aromatic nitrogens is 2. The van der Waals surface area contributed by atoms with Gasteiger partial charge in [0.1, 0.15) is 6.61 Å². The van der Waals surface area contributed by atoms with Crippen LogP contribution in [0.3, 0.4) is 0 Å². The molecule has 1 aliphatic heterocycles. The highest BCUT2D eigenvalue weighted by molar-refractivity contribution is 7.48. The predicted molar refractivity (Wildman–Crippen MR) is 93.7 cm³/mol. The fourth-order valence-corrected chi connectivity index (χ4v) is 3.47. The number of nitrogens with one attached hydrogen (secondary N) is 1. The molecule has 1 N–H and O–H groups in total. The third-order valence-corrected chi connectivity index (χ3v) is 5.13. The van der Waals surface area contributed by atoms with Crippen LogP contribution in [0.25, 0.3) is 0 Å². The van der Waals surface area contributed by atoms with Crippen LogP contribution < -0.4 is 11.2 Å². The quantitative estimate of drug-likeness (QED) is 0.411. The summed E-state index contributed by atoms with van der Waals surface area (Å²) in [4.78, 5) is 25.7. The molecule has 0 unspecified atom stereocenters. The van der Waals surface area contributed by atoms with Crippen LogP contribution in [0.4, 0.5) is 0 Å². The number of aryl methyl sites for hydroxylation is 1. The highest BCUT2D eigenvalue weighted by Crippen LogP contribution is 2.50. The molecule has 1 aromatic rings. The van der Waals surface area contributed by atoms with E-state index in [1.807, 2.05) is 0 Å². The van der Waals surface area contributed by atoms with E-state index in [2.05, 4.69) is 10.9 Å². The van der Waals surface area contributed by atoms with Crippen LogP contribution >= 0.6 is 7.82 Å². The molecular formula is C16H21N2O7P. The number of H-pyrrole nitrogens is 1. The van der Waals surface area contributed by atoms with E-state index in [9.17, 15) is 14.2 Å². The number of rotatable bonds is 8. The zero-order valence-electron chi connectivity index (χ0n) is 14.8. The van der Waals surface area contributed by atoms with E-state index in [4.69, 9.17) is 24.7 Å². The van der Waals surface area contributed by atoms with E-state index in [1.54, 1.807) is 26.8 Å². The van der Waals surface area contributed by atoms with Gasteiger partial charge in [-0.3, -0.25) is 27.9 Å². The first-order valence-corrected chi connectivity index (χ1v) is 9.45. The summed E-state index contributed by atoms with van der Waals surface area (Å²) < 4.78 is 34.7. The Morgan fingerprint density at radius 1 is 1.35 bits per heavy atom. The van der Waals surface area contributed by atoms with E-state index in [0.717, 1.165) is 0 Å². The number of ether oxygens (including phenoxy) is 1. The Hall–Kier alpha value is -1.95.